The highest BCUT2D eigenvalue weighted by Crippen LogP contribution is 2.40. The van der Waals surface area contributed by atoms with Crippen LogP contribution in [0.15, 0.2) is 35.2 Å². The van der Waals surface area contributed by atoms with E-state index in [2.05, 4.69) is 27.2 Å². The second kappa shape index (κ2) is 18.2. The second-order valence-corrected chi connectivity index (χ2v) is 18.8. The summed E-state index contributed by atoms with van der Waals surface area (Å²) in [6, 6.07) is 2.82. The fraction of sp³-hybridized carbons (Fsp3) is 0.667. The monoisotopic (exact) mass is 795 g/mol. The van der Waals surface area contributed by atoms with Crippen molar-refractivity contribution in [3.8, 4) is 12.3 Å². The number of Topliss-reactive ketones (excluding diaryl/α,β-unsaturated/α-hetero) is 1. The molecule has 5 amide bonds. The molecule has 0 radical (unpaired) electrons. The maximum Gasteiger partial charge on any atom is 0.389 e. The number of alkyl halides is 3. The first-order valence-electron chi connectivity index (χ1n) is 18.7. The van der Waals surface area contributed by atoms with E-state index < -0.39 is 98.8 Å². The molecule has 4 atom stereocenters. The van der Waals surface area contributed by atoms with Crippen LogP contribution < -0.4 is 21.3 Å². The van der Waals surface area contributed by atoms with E-state index >= 15 is 0 Å². The number of sulfone groups is 1. The number of hydrogen-bond donors (Lipinski definition) is 4. The lowest BCUT2D eigenvalue weighted by atomic mass is 9.75. The highest BCUT2D eigenvalue weighted by molar-refractivity contribution is 7.91. The van der Waals surface area contributed by atoms with Crippen LogP contribution in [0.1, 0.15) is 99.3 Å². The Balaban J connectivity index is 1.91. The highest BCUT2D eigenvalue weighted by atomic mass is 32.2. The molecule has 3 rings (SSSR count). The molecule has 1 aliphatic heterocycles. The molecular weight excluding hydrogens is 740 g/mol. The van der Waals surface area contributed by atoms with E-state index in [1.165, 1.54) is 17.0 Å². The molecule has 0 aromatic heterocycles. The van der Waals surface area contributed by atoms with Crippen LogP contribution in [-0.2, 0) is 29.0 Å². The maximum absolute atomic E-state index is 14.5. The molecule has 1 heterocycles. The molecule has 1 aromatic carbocycles. The zero-order valence-electron chi connectivity index (χ0n) is 32.6. The lowest BCUT2D eigenvalue weighted by Gasteiger charge is -2.40. The number of nitrogens with one attached hydrogen (secondary N) is 4. The Morgan fingerprint density at radius 2 is 1.58 bits per heavy atom. The molecular formula is C39H56F3N5O7S. The molecule has 4 N–H and O–H groups in total. The highest BCUT2D eigenvalue weighted by Gasteiger charge is 2.50. The Morgan fingerprint density at radius 1 is 0.964 bits per heavy atom. The number of benzene rings is 1. The van der Waals surface area contributed by atoms with Crippen molar-refractivity contribution in [1.82, 2.24) is 26.2 Å². The summed E-state index contributed by atoms with van der Waals surface area (Å²) < 4.78 is 66.9. The number of amides is 5. The van der Waals surface area contributed by atoms with Crippen LogP contribution in [-0.4, -0.2) is 91.5 Å². The number of terminal acetylenes is 1. The number of carbonyl (C=O) groups is 5. The minimum atomic E-state index is -4.69. The number of ketones is 1. The van der Waals surface area contributed by atoms with Gasteiger partial charge in [0.25, 0.3) is 5.91 Å². The average molecular weight is 796 g/mol. The Morgan fingerprint density at radius 3 is 2.13 bits per heavy atom. The zero-order valence-corrected chi connectivity index (χ0v) is 33.4. The van der Waals surface area contributed by atoms with Gasteiger partial charge in [-0.05, 0) is 54.6 Å². The Bertz CT molecular complexity index is 1690. The van der Waals surface area contributed by atoms with E-state index in [9.17, 15) is 45.6 Å². The Labute approximate surface area is 322 Å². The van der Waals surface area contributed by atoms with E-state index in [0.717, 1.165) is 6.42 Å². The molecule has 1 saturated heterocycles. The largest absolute Gasteiger partial charge is 0.389 e. The van der Waals surface area contributed by atoms with Crippen LogP contribution in [0.25, 0.3) is 0 Å². The summed E-state index contributed by atoms with van der Waals surface area (Å²) in [7, 11) is -3.81. The summed E-state index contributed by atoms with van der Waals surface area (Å²) in [5.74, 6) is -2.64. The van der Waals surface area contributed by atoms with E-state index in [0.29, 0.717) is 32.1 Å². The number of rotatable bonds is 14. The van der Waals surface area contributed by atoms with Gasteiger partial charge in [0.05, 0.1) is 22.2 Å². The van der Waals surface area contributed by atoms with Gasteiger partial charge in [-0.25, -0.2) is 13.2 Å². The molecule has 0 bridgehead atoms. The van der Waals surface area contributed by atoms with Crippen LogP contribution in [0, 0.1) is 29.1 Å². The van der Waals surface area contributed by atoms with E-state index in [1.54, 1.807) is 39.0 Å². The minimum Gasteiger partial charge on any atom is -0.348 e. The summed E-state index contributed by atoms with van der Waals surface area (Å²) in [5.41, 5.74) is -2.65. The van der Waals surface area contributed by atoms with Crippen LogP contribution in [0.2, 0.25) is 0 Å². The predicted molar refractivity (Wildman–Crippen MR) is 201 cm³/mol. The van der Waals surface area contributed by atoms with Crippen molar-refractivity contribution in [2.24, 2.45) is 16.7 Å². The Hall–Kier alpha value is -4.13. The van der Waals surface area contributed by atoms with Gasteiger partial charge in [-0.3, -0.25) is 19.2 Å². The lowest BCUT2D eigenvalue weighted by molar-refractivity contribution is -0.148. The van der Waals surface area contributed by atoms with Gasteiger partial charge in [0.2, 0.25) is 17.6 Å². The first kappa shape index (κ1) is 45.3. The van der Waals surface area contributed by atoms with Crippen molar-refractivity contribution in [2.45, 2.75) is 134 Å². The average Bonchev–Trinajstić information content (AvgIpc) is 3.55. The van der Waals surface area contributed by atoms with Crippen molar-refractivity contribution in [3.05, 3.63) is 30.3 Å². The van der Waals surface area contributed by atoms with Crippen molar-refractivity contribution in [1.29, 1.82) is 0 Å². The molecule has 1 aromatic rings. The summed E-state index contributed by atoms with van der Waals surface area (Å²) in [4.78, 5) is 69.6. The van der Waals surface area contributed by atoms with Crippen molar-refractivity contribution in [2.75, 3.05) is 18.8 Å². The van der Waals surface area contributed by atoms with Crippen molar-refractivity contribution < 1.29 is 45.6 Å². The molecule has 55 heavy (non-hydrogen) atoms. The zero-order chi connectivity index (χ0) is 41.4. The first-order chi connectivity index (χ1) is 25.4. The van der Waals surface area contributed by atoms with Crippen LogP contribution in [0.3, 0.4) is 0 Å². The smallest absolute Gasteiger partial charge is 0.348 e. The van der Waals surface area contributed by atoms with Crippen molar-refractivity contribution in [3.63, 3.8) is 0 Å². The number of hydrogen-bond acceptors (Lipinski definition) is 7. The van der Waals surface area contributed by atoms with Crippen LogP contribution in [0.4, 0.5) is 18.0 Å². The summed E-state index contributed by atoms with van der Waals surface area (Å²) in [5, 5.41) is 10.3. The van der Waals surface area contributed by atoms with Crippen LogP contribution in [0.5, 0.6) is 0 Å². The molecule has 2 aliphatic rings. The number of nitrogens with zero attached hydrogens (tertiary/aromatic N) is 1. The SMILES string of the molecule is C#CCCNC(=O)C(=O)C(CCC(F)(F)F)NC(=O)[C@@H]1C(C(C)(C)C)CCN1C(=O)[C@@H](NC(=O)NC1(CS(=O)(=O)c2ccccc2)CCCCC1)C(C)(C)C. The van der Waals surface area contributed by atoms with Gasteiger partial charge in [-0.1, -0.05) is 79.0 Å². The molecule has 1 aliphatic carbocycles. The predicted octanol–water partition coefficient (Wildman–Crippen LogP) is 4.68. The van der Waals surface area contributed by atoms with E-state index in [4.69, 9.17) is 6.42 Å². The van der Waals surface area contributed by atoms with Gasteiger partial charge in [0.1, 0.15) is 12.1 Å². The molecule has 2 unspecified atom stereocenters. The minimum absolute atomic E-state index is 0.0573. The normalized spacial score (nSPS) is 20.0. The second-order valence-electron chi connectivity index (χ2n) is 16.8. The molecule has 306 valence electrons. The van der Waals surface area contributed by atoms with Gasteiger partial charge in [0, 0.05) is 25.9 Å². The van der Waals surface area contributed by atoms with Gasteiger partial charge < -0.3 is 26.2 Å². The summed E-state index contributed by atoms with van der Waals surface area (Å²) in [6.45, 7) is 10.6. The number of urea groups is 1. The van der Waals surface area contributed by atoms with E-state index in [-0.39, 0.29) is 30.2 Å². The third kappa shape index (κ3) is 12.7. The molecule has 12 nitrogen and oxygen atoms in total. The maximum atomic E-state index is 14.5. The van der Waals surface area contributed by atoms with Gasteiger partial charge >= 0.3 is 12.2 Å². The first-order valence-corrected chi connectivity index (χ1v) is 20.4. The molecule has 0 spiro atoms. The lowest BCUT2D eigenvalue weighted by Crippen LogP contribution is -2.63. The fourth-order valence-electron chi connectivity index (χ4n) is 7.43. The number of likely N-dealkylation sites (tertiary alicyclic amines) is 1. The van der Waals surface area contributed by atoms with E-state index in [1.807, 2.05) is 20.8 Å². The standard InChI is InChI=1S/C39H56F3N5O7S/c1-8-9-23-43-33(50)30(48)28(18-22-39(40,41)42)44-32(49)29-27(36(2,3)4)19-24-47(29)34(51)31(37(5,6)7)45-35(52)46-38(20-14-11-15-21-38)25-55(53,54)26-16-12-10-13-17-26/h1,10,12-13,16-17,27-29,31H,9,11,14-15,18-25H2,2-7H3,(H,43,50)(H,44,49)(H2,45,46,52)/t27?,28?,29-,31+/m0/s1. The third-order valence-electron chi connectivity index (χ3n) is 10.3. The van der Waals surface area contributed by atoms with Crippen molar-refractivity contribution >= 4 is 39.4 Å². The van der Waals surface area contributed by atoms with Gasteiger partial charge in [0.15, 0.2) is 9.84 Å². The third-order valence-corrected chi connectivity index (χ3v) is 12.3. The summed E-state index contributed by atoms with van der Waals surface area (Å²) >= 11 is 0. The molecule has 2 fully saturated rings. The summed E-state index contributed by atoms with van der Waals surface area (Å²) in [6.07, 6.45) is 1.55. The van der Waals surface area contributed by atoms with Crippen LogP contribution >= 0.6 is 0 Å². The van der Waals surface area contributed by atoms with Gasteiger partial charge in [-0.2, -0.15) is 13.2 Å². The topological polar surface area (TPSA) is 171 Å². The molecule has 1 saturated carbocycles. The fourth-order valence-corrected chi connectivity index (χ4v) is 9.26. The number of carbonyl (C=O) groups excluding carboxylic acids is 5. The quantitative estimate of drug-likeness (QED) is 0.120. The Kier molecular flexibility index (Phi) is 15.0. The number of halogens is 3. The van der Waals surface area contributed by atoms with Gasteiger partial charge in [-0.15, -0.1) is 12.3 Å². The molecule has 16 heteroatoms.